The molecule has 5 nitrogen and oxygen atoms in total. The van der Waals surface area contributed by atoms with Crippen LogP contribution in [0.25, 0.3) is 0 Å². The average molecular weight is 433 g/mol. The van der Waals surface area contributed by atoms with Crippen LogP contribution in [0.15, 0.2) is 60.7 Å². The van der Waals surface area contributed by atoms with E-state index in [1.54, 1.807) is 0 Å². The zero-order chi connectivity index (χ0) is 23.1. The van der Waals surface area contributed by atoms with Gasteiger partial charge in [0.15, 0.2) is 0 Å². The Hall–Kier alpha value is -3.18. The molecule has 0 saturated heterocycles. The Bertz CT molecular complexity index is 1060. The lowest BCUT2D eigenvalue weighted by atomic mass is 10.0. The summed E-state index contributed by atoms with van der Waals surface area (Å²) in [6, 6.07) is 19.1. The molecule has 0 bridgehead atoms. The van der Waals surface area contributed by atoms with Gasteiger partial charge in [-0.1, -0.05) is 38.1 Å². The summed E-state index contributed by atoms with van der Waals surface area (Å²) in [7, 11) is 0. The van der Waals surface area contributed by atoms with Crippen LogP contribution in [-0.2, 0) is 11.2 Å². The van der Waals surface area contributed by atoms with E-state index in [-0.39, 0.29) is 12.0 Å². The summed E-state index contributed by atoms with van der Waals surface area (Å²) >= 11 is 0. The van der Waals surface area contributed by atoms with Crippen LogP contribution in [0.5, 0.6) is 11.5 Å². The topological polar surface area (TPSA) is 60.5 Å². The number of rotatable bonds is 9. The Morgan fingerprint density at radius 2 is 1.81 bits per heavy atom. The van der Waals surface area contributed by atoms with Crippen molar-refractivity contribution in [3.8, 4) is 11.5 Å². The largest absolute Gasteiger partial charge is 0.457 e. The summed E-state index contributed by atoms with van der Waals surface area (Å²) in [5.41, 5.74) is 3.97. The highest BCUT2D eigenvalue weighted by Crippen LogP contribution is 2.31. The molecule has 3 rings (SSSR count). The molecule has 1 amide bonds. The van der Waals surface area contributed by atoms with Crippen LogP contribution < -0.4 is 10.1 Å². The second-order valence-electron chi connectivity index (χ2n) is 8.18. The SMILES string of the molecule is CCOC(C)Cc1ccc(C(=O)Nc2cccc(Oc3ccccc3C(C)C)c2)c(C)n1. The van der Waals surface area contributed by atoms with E-state index in [9.17, 15) is 4.79 Å². The van der Waals surface area contributed by atoms with Crippen LogP contribution in [-0.4, -0.2) is 23.6 Å². The van der Waals surface area contributed by atoms with Crippen LogP contribution in [0.4, 0.5) is 5.69 Å². The minimum atomic E-state index is -0.195. The fourth-order valence-corrected chi connectivity index (χ4v) is 3.62. The van der Waals surface area contributed by atoms with Crippen molar-refractivity contribution in [3.63, 3.8) is 0 Å². The third kappa shape index (κ3) is 6.17. The van der Waals surface area contributed by atoms with E-state index in [1.807, 2.05) is 75.4 Å². The number of aromatic nitrogens is 1. The summed E-state index contributed by atoms with van der Waals surface area (Å²) in [5, 5.41) is 2.96. The standard InChI is InChI=1S/C27H32N2O3/c1-6-31-19(4)16-22-14-15-25(20(5)28-22)27(30)29-21-10-9-11-23(17-21)32-26-13-8-7-12-24(26)18(2)3/h7-15,17-19H,6,16H2,1-5H3,(H,29,30). The molecule has 1 N–H and O–H groups in total. The zero-order valence-corrected chi connectivity index (χ0v) is 19.5. The van der Waals surface area contributed by atoms with Gasteiger partial charge in [-0.2, -0.15) is 0 Å². The first-order chi connectivity index (χ1) is 15.4. The number of nitrogens with one attached hydrogen (secondary N) is 1. The Morgan fingerprint density at radius 3 is 2.53 bits per heavy atom. The zero-order valence-electron chi connectivity index (χ0n) is 19.5. The van der Waals surface area contributed by atoms with E-state index >= 15 is 0 Å². The number of anilines is 1. The minimum absolute atomic E-state index is 0.0927. The number of carbonyl (C=O) groups excluding carboxylic acids is 1. The van der Waals surface area contributed by atoms with Crippen LogP contribution >= 0.6 is 0 Å². The summed E-state index contributed by atoms with van der Waals surface area (Å²) < 4.78 is 11.7. The first kappa shape index (κ1) is 23.5. The average Bonchev–Trinajstić information content (AvgIpc) is 2.74. The van der Waals surface area contributed by atoms with Crippen LogP contribution in [0.1, 0.15) is 60.9 Å². The van der Waals surface area contributed by atoms with Crippen molar-refractivity contribution < 1.29 is 14.3 Å². The molecule has 3 aromatic rings. The second kappa shape index (κ2) is 10.9. The molecular weight excluding hydrogens is 400 g/mol. The quantitative estimate of drug-likeness (QED) is 0.418. The van der Waals surface area contributed by atoms with Crippen LogP contribution in [0.3, 0.4) is 0 Å². The molecule has 0 aliphatic rings. The normalized spacial score (nSPS) is 11.9. The van der Waals surface area contributed by atoms with E-state index < -0.39 is 0 Å². The molecule has 0 radical (unpaired) electrons. The highest BCUT2D eigenvalue weighted by Gasteiger charge is 2.14. The number of ether oxygens (including phenoxy) is 2. The Labute approximate surface area is 190 Å². The highest BCUT2D eigenvalue weighted by atomic mass is 16.5. The number of carbonyl (C=O) groups is 1. The molecule has 1 atom stereocenters. The lowest BCUT2D eigenvalue weighted by molar-refractivity contribution is 0.0761. The van der Waals surface area contributed by atoms with Gasteiger partial charge in [0.2, 0.25) is 0 Å². The molecule has 5 heteroatoms. The second-order valence-corrected chi connectivity index (χ2v) is 8.18. The first-order valence-electron chi connectivity index (χ1n) is 11.1. The summed E-state index contributed by atoms with van der Waals surface area (Å²) in [5.74, 6) is 1.65. The lowest BCUT2D eigenvalue weighted by Gasteiger charge is -2.15. The van der Waals surface area contributed by atoms with E-state index in [4.69, 9.17) is 9.47 Å². The van der Waals surface area contributed by atoms with E-state index in [2.05, 4.69) is 30.2 Å². The highest BCUT2D eigenvalue weighted by molar-refractivity contribution is 6.05. The van der Waals surface area contributed by atoms with Gasteiger partial charge >= 0.3 is 0 Å². The molecular formula is C27H32N2O3. The van der Waals surface area contributed by atoms with Gasteiger partial charge in [0.1, 0.15) is 11.5 Å². The number of para-hydroxylation sites is 1. The molecule has 0 aliphatic carbocycles. The first-order valence-corrected chi connectivity index (χ1v) is 11.1. The molecule has 0 saturated carbocycles. The molecule has 0 aliphatic heterocycles. The predicted molar refractivity (Wildman–Crippen MR) is 129 cm³/mol. The van der Waals surface area contributed by atoms with Gasteiger partial charge < -0.3 is 14.8 Å². The summed E-state index contributed by atoms with van der Waals surface area (Å²) in [6.07, 6.45) is 0.809. The smallest absolute Gasteiger partial charge is 0.257 e. The maximum Gasteiger partial charge on any atom is 0.257 e. The van der Waals surface area contributed by atoms with E-state index in [1.165, 1.54) is 0 Å². The number of benzene rings is 2. The monoisotopic (exact) mass is 432 g/mol. The van der Waals surface area contributed by atoms with E-state index in [0.29, 0.717) is 41.6 Å². The van der Waals surface area contributed by atoms with Gasteiger partial charge in [-0.15, -0.1) is 0 Å². The van der Waals surface area contributed by atoms with Crippen molar-refractivity contribution >= 4 is 11.6 Å². The maximum atomic E-state index is 12.9. The van der Waals surface area contributed by atoms with Gasteiger partial charge in [0.05, 0.1) is 17.4 Å². The van der Waals surface area contributed by atoms with Crippen molar-refractivity contribution in [2.75, 3.05) is 11.9 Å². The predicted octanol–water partition coefficient (Wildman–Crippen LogP) is 6.53. The fourth-order valence-electron chi connectivity index (χ4n) is 3.62. The number of hydrogen-bond donors (Lipinski definition) is 1. The molecule has 1 unspecified atom stereocenters. The minimum Gasteiger partial charge on any atom is -0.457 e. The van der Waals surface area contributed by atoms with Crippen molar-refractivity contribution in [3.05, 3.63) is 83.2 Å². The van der Waals surface area contributed by atoms with Gasteiger partial charge in [-0.3, -0.25) is 9.78 Å². The number of amides is 1. The molecule has 0 fully saturated rings. The molecule has 1 aromatic heterocycles. The Kier molecular flexibility index (Phi) is 8.01. The van der Waals surface area contributed by atoms with Crippen molar-refractivity contribution in [2.45, 2.75) is 53.1 Å². The fraction of sp³-hybridized carbons (Fsp3) is 0.333. The van der Waals surface area contributed by atoms with Crippen molar-refractivity contribution in [1.82, 2.24) is 4.98 Å². The summed E-state index contributed by atoms with van der Waals surface area (Å²) in [4.78, 5) is 17.5. The number of aryl methyl sites for hydroxylation is 1. The molecule has 2 aromatic carbocycles. The summed E-state index contributed by atoms with van der Waals surface area (Å²) in [6.45, 7) is 10.8. The van der Waals surface area contributed by atoms with Crippen molar-refractivity contribution in [2.24, 2.45) is 0 Å². The van der Waals surface area contributed by atoms with Crippen molar-refractivity contribution in [1.29, 1.82) is 0 Å². The van der Waals surface area contributed by atoms with Gasteiger partial charge in [0, 0.05) is 30.5 Å². The Balaban J connectivity index is 1.71. The number of nitrogens with zero attached hydrogens (tertiary/aromatic N) is 1. The van der Waals surface area contributed by atoms with Gasteiger partial charge in [-0.25, -0.2) is 0 Å². The molecule has 0 spiro atoms. The van der Waals surface area contributed by atoms with Crippen LogP contribution in [0.2, 0.25) is 0 Å². The lowest BCUT2D eigenvalue weighted by Crippen LogP contribution is -2.16. The van der Waals surface area contributed by atoms with E-state index in [0.717, 1.165) is 17.0 Å². The third-order valence-electron chi connectivity index (χ3n) is 5.20. The number of pyridine rings is 1. The van der Waals surface area contributed by atoms with Gasteiger partial charge in [-0.05, 0) is 62.6 Å². The Morgan fingerprint density at radius 1 is 1.03 bits per heavy atom. The molecule has 32 heavy (non-hydrogen) atoms. The van der Waals surface area contributed by atoms with Gasteiger partial charge in [0.25, 0.3) is 5.91 Å². The maximum absolute atomic E-state index is 12.9. The van der Waals surface area contributed by atoms with Crippen LogP contribution in [0, 0.1) is 6.92 Å². The molecule has 168 valence electrons. The third-order valence-corrected chi connectivity index (χ3v) is 5.20. The molecule has 1 heterocycles. The number of hydrogen-bond acceptors (Lipinski definition) is 4.